The molecule has 2 rings (SSSR count). The fourth-order valence-electron chi connectivity index (χ4n) is 1.22. The molecule has 0 fully saturated rings. The van der Waals surface area contributed by atoms with Crippen LogP contribution in [0.1, 0.15) is 11.9 Å². The van der Waals surface area contributed by atoms with Gasteiger partial charge in [0.25, 0.3) is 5.19 Å². The van der Waals surface area contributed by atoms with Gasteiger partial charge in [0.1, 0.15) is 16.6 Å². The monoisotopic (exact) mass is 331 g/mol. The largest absolute Gasteiger partial charge is 0.430 e. The summed E-state index contributed by atoms with van der Waals surface area (Å²) in [5.41, 5.74) is 0. The molecule has 0 aliphatic rings. The van der Waals surface area contributed by atoms with E-state index >= 15 is 0 Å². The van der Waals surface area contributed by atoms with Crippen LogP contribution in [0.3, 0.4) is 0 Å². The maximum Gasteiger partial charge on any atom is 0.299 e. The Labute approximate surface area is 116 Å². The van der Waals surface area contributed by atoms with Crippen molar-refractivity contribution in [3.63, 3.8) is 0 Å². The van der Waals surface area contributed by atoms with E-state index < -0.39 is 0 Å². The third-order valence-electron chi connectivity index (χ3n) is 2.07. The van der Waals surface area contributed by atoms with Gasteiger partial charge in [-0.25, -0.2) is 4.39 Å². The van der Waals surface area contributed by atoms with E-state index in [4.69, 9.17) is 4.74 Å². The van der Waals surface area contributed by atoms with Crippen molar-refractivity contribution in [1.29, 1.82) is 0 Å². The first-order chi connectivity index (χ1) is 8.69. The summed E-state index contributed by atoms with van der Waals surface area (Å²) in [7, 11) is 0. The number of nitrogens with one attached hydrogen (secondary N) is 1. The average Bonchev–Trinajstić information content (AvgIpc) is 2.79. The molecule has 96 valence electrons. The number of ether oxygens (including phenoxy) is 1. The molecule has 1 N–H and O–H groups in total. The Morgan fingerprint density at radius 2 is 2.28 bits per heavy atom. The second-order valence-electron chi connectivity index (χ2n) is 3.42. The highest BCUT2D eigenvalue weighted by atomic mass is 79.9. The van der Waals surface area contributed by atoms with E-state index in [2.05, 4.69) is 31.4 Å². The van der Waals surface area contributed by atoms with E-state index in [1.807, 2.05) is 6.92 Å². The van der Waals surface area contributed by atoms with Crippen molar-refractivity contribution >= 4 is 27.3 Å². The van der Waals surface area contributed by atoms with E-state index in [1.54, 1.807) is 12.1 Å². The zero-order valence-corrected chi connectivity index (χ0v) is 12.0. The van der Waals surface area contributed by atoms with Crippen molar-refractivity contribution in [2.75, 3.05) is 6.54 Å². The average molecular weight is 332 g/mol. The zero-order chi connectivity index (χ0) is 13.0. The lowest BCUT2D eigenvalue weighted by molar-refractivity contribution is 0.467. The topological polar surface area (TPSA) is 47.0 Å². The Morgan fingerprint density at radius 3 is 3.00 bits per heavy atom. The van der Waals surface area contributed by atoms with Crippen molar-refractivity contribution in [2.45, 2.75) is 13.5 Å². The Morgan fingerprint density at radius 1 is 1.44 bits per heavy atom. The summed E-state index contributed by atoms with van der Waals surface area (Å²) in [6.07, 6.45) is 0. The smallest absolute Gasteiger partial charge is 0.299 e. The molecule has 0 aliphatic carbocycles. The van der Waals surface area contributed by atoms with Crippen LogP contribution < -0.4 is 10.1 Å². The maximum atomic E-state index is 13.3. The third-order valence-corrected chi connectivity index (χ3v) is 3.52. The highest BCUT2D eigenvalue weighted by molar-refractivity contribution is 9.10. The number of nitrogens with zero attached hydrogens (tertiary/aromatic N) is 2. The minimum absolute atomic E-state index is 0.370. The predicted octanol–water partition coefficient (Wildman–Crippen LogP) is 3.34. The second-order valence-corrected chi connectivity index (χ2v) is 5.30. The van der Waals surface area contributed by atoms with Gasteiger partial charge in [-0.3, -0.25) is 0 Å². The quantitative estimate of drug-likeness (QED) is 0.912. The fraction of sp³-hybridized carbons (Fsp3) is 0.273. The van der Waals surface area contributed by atoms with Crippen molar-refractivity contribution in [3.8, 4) is 10.9 Å². The summed E-state index contributed by atoms with van der Waals surface area (Å²) in [4.78, 5) is 0. The van der Waals surface area contributed by atoms with Gasteiger partial charge in [-0.1, -0.05) is 23.4 Å². The summed E-state index contributed by atoms with van der Waals surface area (Å²) in [5.74, 6) is 0.0340. The SMILES string of the molecule is CCNCc1nnc(Oc2ccc(Br)c(F)c2)s1. The van der Waals surface area contributed by atoms with Crippen molar-refractivity contribution in [1.82, 2.24) is 15.5 Å². The van der Waals surface area contributed by atoms with Gasteiger partial charge in [0.2, 0.25) is 0 Å². The van der Waals surface area contributed by atoms with Gasteiger partial charge >= 0.3 is 0 Å². The Hall–Kier alpha value is -1.05. The summed E-state index contributed by atoms with van der Waals surface area (Å²) in [6.45, 7) is 3.54. The number of rotatable bonds is 5. The molecule has 0 saturated carbocycles. The molecule has 1 aromatic carbocycles. The van der Waals surface area contributed by atoms with Crippen LogP contribution in [0.25, 0.3) is 0 Å². The molecule has 1 aromatic heterocycles. The van der Waals surface area contributed by atoms with E-state index in [9.17, 15) is 4.39 Å². The molecule has 1 heterocycles. The molecule has 7 heteroatoms. The summed E-state index contributed by atoms with van der Waals surface area (Å²) in [5, 5.41) is 12.2. The molecule has 0 bridgehead atoms. The van der Waals surface area contributed by atoms with E-state index in [1.165, 1.54) is 17.4 Å². The minimum Gasteiger partial charge on any atom is -0.430 e. The minimum atomic E-state index is -0.370. The first kappa shape index (κ1) is 13.4. The molecule has 0 unspecified atom stereocenters. The van der Waals surface area contributed by atoms with Crippen LogP contribution in [-0.4, -0.2) is 16.7 Å². The second kappa shape index (κ2) is 6.21. The normalized spacial score (nSPS) is 10.6. The Bertz CT molecular complexity index is 535. The van der Waals surface area contributed by atoms with Crippen LogP contribution >= 0.6 is 27.3 Å². The molecule has 0 aliphatic heterocycles. The van der Waals surface area contributed by atoms with Gasteiger partial charge in [0.05, 0.1) is 4.47 Å². The highest BCUT2D eigenvalue weighted by Gasteiger charge is 2.07. The van der Waals surface area contributed by atoms with Crippen molar-refractivity contribution in [2.24, 2.45) is 0 Å². The first-order valence-corrected chi connectivity index (χ1v) is 6.96. The molecule has 0 saturated heterocycles. The van der Waals surface area contributed by atoms with Gasteiger partial charge in [0.15, 0.2) is 0 Å². The lowest BCUT2D eigenvalue weighted by atomic mass is 10.3. The molecule has 0 atom stereocenters. The number of aromatic nitrogens is 2. The Kier molecular flexibility index (Phi) is 4.62. The summed E-state index contributed by atoms with van der Waals surface area (Å²) < 4.78 is 19.1. The lowest BCUT2D eigenvalue weighted by Crippen LogP contribution is -2.11. The van der Waals surface area contributed by atoms with Crippen LogP contribution in [0, 0.1) is 5.82 Å². The van der Waals surface area contributed by atoms with Crippen LogP contribution in [0.15, 0.2) is 22.7 Å². The Balaban J connectivity index is 2.04. The van der Waals surface area contributed by atoms with Crippen molar-refractivity contribution in [3.05, 3.63) is 33.5 Å². The maximum absolute atomic E-state index is 13.3. The zero-order valence-electron chi connectivity index (χ0n) is 9.61. The number of hydrogen-bond donors (Lipinski definition) is 1. The first-order valence-electron chi connectivity index (χ1n) is 5.35. The molecular weight excluding hydrogens is 321 g/mol. The number of halogens is 2. The molecule has 4 nitrogen and oxygen atoms in total. The third kappa shape index (κ3) is 3.47. The van der Waals surface area contributed by atoms with Crippen LogP contribution in [0.4, 0.5) is 4.39 Å². The summed E-state index contributed by atoms with van der Waals surface area (Å²) in [6, 6.07) is 4.55. The van der Waals surface area contributed by atoms with Crippen LogP contribution in [-0.2, 0) is 6.54 Å². The molecule has 0 spiro atoms. The predicted molar refractivity (Wildman–Crippen MR) is 71.5 cm³/mol. The summed E-state index contributed by atoms with van der Waals surface area (Å²) >= 11 is 4.42. The highest BCUT2D eigenvalue weighted by Crippen LogP contribution is 2.27. The van der Waals surface area contributed by atoms with Gasteiger partial charge in [0, 0.05) is 12.6 Å². The molecule has 0 radical (unpaired) electrons. The van der Waals surface area contributed by atoms with Gasteiger partial charge in [-0.2, -0.15) is 0 Å². The standard InChI is InChI=1S/C11H11BrFN3OS/c1-2-14-6-10-15-16-11(18-10)17-7-3-4-8(12)9(13)5-7/h3-5,14H,2,6H2,1H3. The lowest BCUT2D eigenvalue weighted by Gasteiger charge is -2.01. The van der Waals surface area contributed by atoms with Crippen LogP contribution in [0.2, 0.25) is 0 Å². The van der Waals surface area contributed by atoms with E-state index in [0.29, 0.717) is 22.0 Å². The molecular formula is C11H11BrFN3OS. The van der Waals surface area contributed by atoms with E-state index in [0.717, 1.165) is 11.6 Å². The molecule has 2 aromatic rings. The van der Waals surface area contributed by atoms with Crippen LogP contribution in [0.5, 0.6) is 10.9 Å². The fourth-order valence-corrected chi connectivity index (χ4v) is 2.15. The number of hydrogen-bond acceptors (Lipinski definition) is 5. The van der Waals surface area contributed by atoms with Gasteiger partial charge < -0.3 is 10.1 Å². The van der Waals surface area contributed by atoms with Gasteiger partial charge in [-0.05, 0) is 34.6 Å². The van der Waals surface area contributed by atoms with E-state index in [-0.39, 0.29) is 5.82 Å². The number of benzene rings is 1. The molecule has 0 amide bonds. The van der Waals surface area contributed by atoms with Crippen molar-refractivity contribution < 1.29 is 9.13 Å². The molecule has 18 heavy (non-hydrogen) atoms. The van der Waals surface area contributed by atoms with Gasteiger partial charge in [-0.15, -0.1) is 5.10 Å².